The average Bonchev–Trinajstić information content (AvgIpc) is 3.02. The predicted octanol–water partition coefficient (Wildman–Crippen LogP) is 4.09. The van der Waals surface area contributed by atoms with E-state index in [1.807, 2.05) is 43.3 Å². The minimum atomic E-state index is 0.0892. The second-order valence-electron chi connectivity index (χ2n) is 5.16. The van der Waals surface area contributed by atoms with E-state index < -0.39 is 0 Å². The molecule has 3 rings (SSSR count). The van der Waals surface area contributed by atoms with Crippen LogP contribution in [-0.4, -0.2) is 22.3 Å². The molecule has 1 N–H and O–H groups in total. The number of thiazole rings is 1. The van der Waals surface area contributed by atoms with E-state index in [0.29, 0.717) is 0 Å². The number of benzene rings is 1. The molecule has 0 spiro atoms. The molecule has 0 fully saturated rings. The first-order chi connectivity index (χ1) is 11.2. The molecule has 0 aliphatic heterocycles. The molecule has 1 unspecified atom stereocenters. The van der Waals surface area contributed by atoms with Crippen LogP contribution in [0.3, 0.4) is 0 Å². The molecule has 1 atom stereocenters. The van der Waals surface area contributed by atoms with Crippen LogP contribution < -0.4 is 10.1 Å². The van der Waals surface area contributed by atoms with E-state index in [2.05, 4.69) is 32.8 Å². The molecule has 118 valence electrons. The van der Waals surface area contributed by atoms with Gasteiger partial charge in [-0.3, -0.25) is 0 Å². The largest absolute Gasteiger partial charge is 0.496 e. The summed E-state index contributed by atoms with van der Waals surface area (Å²) in [4.78, 5) is 4.49. The van der Waals surface area contributed by atoms with Gasteiger partial charge in [-0.05, 0) is 38.1 Å². The maximum Gasteiger partial charge on any atom is 0.149 e. The zero-order chi connectivity index (χ0) is 16.2. The number of nitrogens with one attached hydrogen (secondary N) is 1. The number of aryl methyl sites for hydroxylation is 1. The Kier molecular flexibility index (Phi) is 4.52. The Labute approximate surface area is 139 Å². The molecule has 3 aromatic rings. The van der Waals surface area contributed by atoms with Gasteiger partial charge in [0.1, 0.15) is 11.6 Å². The fraction of sp³-hybridized carbons (Fsp3) is 0.235. The zero-order valence-electron chi connectivity index (χ0n) is 13.3. The van der Waals surface area contributed by atoms with Crippen LogP contribution in [0.25, 0.3) is 11.3 Å². The van der Waals surface area contributed by atoms with Gasteiger partial charge < -0.3 is 10.1 Å². The Hall–Kier alpha value is -2.47. The van der Waals surface area contributed by atoms with E-state index in [1.54, 1.807) is 18.4 Å². The molecule has 6 heteroatoms. The number of rotatable bonds is 5. The van der Waals surface area contributed by atoms with Crippen LogP contribution >= 0.6 is 11.3 Å². The molecule has 23 heavy (non-hydrogen) atoms. The smallest absolute Gasteiger partial charge is 0.149 e. The highest BCUT2D eigenvalue weighted by Crippen LogP contribution is 2.28. The first kappa shape index (κ1) is 15.4. The van der Waals surface area contributed by atoms with Crippen molar-refractivity contribution in [3.63, 3.8) is 0 Å². The average molecular weight is 326 g/mol. The fourth-order valence-electron chi connectivity index (χ4n) is 2.28. The summed E-state index contributed by atoms with van der Waals surface area (Å²) < 4.78 is 5.36. The molecule has 2 aromatic heterocycles. The van der Waals surface area contributed by atoms with E-state index in [-0.39, 0.29) is 6.04 Å². The molecular weight excluding hydrogens is 308 g/mol. The second-order valence-corrected chi connectivity index (χ2v) is 6.22. The Bertz CT molecular complexity index is 785. The Morgan fingerprint density at radius 1 is 1.13 bits per heavy atom. The van der Waals surface area contributed by atoms with Crippen molar-refractivity contribution in [1.29, 1.82) is 0 Å². The summed E-state index contributed by atoms with van der Waals surface area (Å²) in [6.07, 6.45) is 0. The highest BCUT2D eigenvalue weighted by atomic mass is 32.1. The maximum atomic E-state index is 5.36. The van der Waals surface area contributed by atoms with Crippen LogP contribution in [0.4, 0.5) is 5.82 Å². The molecule has 2 heterocycles. The number of methoxy groups -OCH3 is 1. The molecule has 0 radical (unpaired) electrons. The van der Waals surface area contributed by atoms with E-state index in [4.69, 9.17) is 4.74 Å². The molecule has 0 bridgehead atoms. The van der Waals surface area contributed by atoms with Crippen molar-refractivity contribution in [2.75, 3.05) is 12.4 Å². The third-order valence-corrected chi connectivity index (χ3v) is 4.28. The van der Waals surface area contributed by atoms with Crippen molar-refractivity contribution in [2.24, 2.45) is 0 Å². The quantitative estimate of drug-likeness (QED) is 0.765. The molecule has 0 saturated carbocycles. The van der Waals surface area contributed by atoms with Crippen LogP contribution in [0.2, 0.25) is 0 Å². The minimum absolute atomic E-state index is 0.0892. The van der Waals surface area contributed by atoms with Gasteiger partial charge in [-0.25, -0.2) is 4.98 Å². The van der Waals surface area contributed by atoms with Crippen molar-refractivity contribution in [3.8, 4) is 17.0 Å². The molecule has 5 nitrogen and oxygen atoms in total. The van der Waals surface area contributed by atoms with E-state index in [1.165, 1.54) is 0 Å². The minimum Gasteiger partial charge on any atom is -0.496 e. The lowest BCUT2D eigenvalue weighted by Crippen LogP contribution is -2.09. The number of para-hydroxylation sites is 1. The molecular formula is C17H18N4OS. The lowest BCUT2D eigenvalue weighted by Gasteiger charge is -2.12. The van der Waals surface area contributed by atoms with Crippen LogP contribution in [0.5, 0.6) is 5.75 Å². The van der Waals surface area contributed by atoms with Crippen LogP contribution in [0, 0.1) is 6.92 Å². The number of hydrogen-bond acceptors (Lipinski definition) is 6. The van der Waals surface area contributed by atoms with Crippen molar-refractivity contribution in [2.45, 2.75) is 19.9 Å². The molecule has 1 aromatic carbocycles. The lowest BCUT2D eigenvalue weighted by molar-refractivity contribution is 0.416. The van der Waals surface area contributed by atoms with Crippen molar-refractivity contribution in [1.82, 2.24) is 15.2 Å². The second kappa shape index (κ2) is 6.75. The fourth-order valence-corrected chi connectivity index (χ4v) is 2.99. The topological polar surface area (TPSA) is 59.9 Å². The summed E-state index contributed by atoms with van der Waals surface area (Å²) in [5.74, 6) is 1.51. The van der Waals surface area contributed by atoms with Gasteiger partial charge in [0.15, 0.2) is 0 Å². The van der Waals surface area contributed by atoms with Gasteiger partial charge in [0, 0.05) is 10.9 Å². The van der Waals surface area contributed by atoms with Gasteiger partial charge in [0.05, 0.1) is 29.5 Å². The number of anilines is 1. The zero-order valence-corrected chi connectivity index (χ0v) is 14.1. The first-order valence-electron chi connectivity index (χ1n) is 7.33. The summed E-state index contributed by atoms with van der Waals surface area (Å²) in [6.45, 7) is 4.06. The normalized spacial score (nSPS) is 12.0. The third-order valence-electron chi connectivity index (χ3n) is 3.49. The summed E-state index contributed by atoms with van der Waals surface area (Å²) in [5.41, 5.74) is 2.73. The monoisotopic (exact) mass is 326 g/mol. The molecule has 0 saturated heterocycles. The number of ether oxygens (including phenoxy) is 1. The van der Waals surface area contributed by atoms with E-state index in [9.17, 15) is 0 Å². The van der Waals surface area contributed by atoms with Crippen molar-refractivity contribution >= 4 is 17.2 Å². The summed E-state index contributed by atoms with van der Waals surface area (Å²) >= 11 is 1.65. The van der Waals surface area contributed by atoms with Gasteiger partial charge in [-0.15, -0.1) is 21.5 Å². The summed E-state index contributed by atoms with van der Waals surface area (Å²) in [6, 6.07) is 11.7. The predicted molar refractivity (Wildman–Crippen MR) is 92.9 cm³/mol. The van der Waals surface area contributed by atoms with Gasteiger partial charge >= 0.3 is 0 Å². The lowest BCUT2D eigenvalue weighted by atomic mass is 10.1. The SMILES string of the molecule is COc1ccccc1-c1ccc(NC(C)c2csc(C)n2)nn1. The van der Waals surface area contributed by atoms with Crippen LogP contribution in [-0.2, 0) is 0 Å². The molecule has 0 aliphatic carbocycles. The molecule has 0 amide bonds. The standard InChI is InChI=1S/C17H18N4OS/c1-11(15-10-23-12(2)19-15)18-17-9-8-14(20-21-17)13-6-4-5-7-16(13)22-3/h4-11H,1-3H3,(H,18,21). The highest BCUT2D eigenvalue weighted by molar-refractivity contribution is 7.09. The molecule has 0 aliphatic rings. The summed E-state index contributed by atoms with van der Waals surface area (Å²) in [7, 11) is 1.65. The number of nitrogens with zero attached hydrogens (tertiary/aromatic N) is 3. The number of aromatic nitrogens is 3. The van der Waals surface area contributed by atoms with E-state index in [0.717, 1.165) is 33.5 Å². The van der Waals surface area contributed by atoms with Gasteiger partial charge in [0.2, 0.25) is 0 Å². The maximum absolute atomic E-state index is 5.36. The van der Waals surface area contributed by atoms with E-state index >= 15 is 0 Å². The van der Waals surface area contributed by atoms with Crippen LogP contribution in [0.15, 0.2) is 41.8 Å². The third kappa shape index (κ3) is 3.48. The first-order valence-corrected chi connectivity index (χ1v) is 8.21. The summed E-state index contributed by atoms with van der Waals surface area (Å²) in [5, 5.41) is 15.0. The van der Waals surface area contributed by atoms with Gasteiger partial charge in [0.25, 0.3) is 0 Å². The Balaban J connectivity index is 1.77. The Morgan fingerprint density at radius 2 is 1.96 bits per heavy atom. The Morgan fingerprint density at radius 3 is 2.61 bits per heavy atom. The number of hydrogen-bond donors (Lipinski definition) is 1. The highest BCUT2D eigenvalue weighted by Gasteiger charge is 2.11. The van der Waals surface area contributed by atoms with Gasteiger partial charge in [-0.1, -0.05) is 12.1 Å². The van der Waals surface area contributed by atoms with Crippen molar-refractivity contribution in [3.05, 3.63) is 52.5 Å². The van der Waals surface area contributed by atoms with Crippen LogP contribution in [0.1, 0.15) is 23.7 Å². The van der Waals surface area contributed by atoms with Gasteiger partial charge in [-0.2, -0.15) is 0 Å². The van der Waals surface area contributed by atoms with Crippen molar-refractivity contribution < 1.29 is 4.74 Å².